The van der Waals surface area contributed by atoms with Gasteiger partial charge < -0.3 is 10.0 Å². The number of nitrogens with zero attached hydrogens (tertiary/aromatic N) is 2. The van der Waals surface area contributed by atoms with Crippen molar-refractivity contribution in [1.82, 2.24) is 9.88 Å². The summed E-state index contributed by atoms with van der Waals surface area (Å²) >= 11 is 0. The molecule has 0 saturated heterocycles. The van der Waals surface area contributed by atoms with Crippen molar-refractivity contribution in [2.75, 3.05) is 6.54 Å². The number of para-hydroxylation sites is 1. The molecule has 0 bridgehead atoms. The Balaban J connectivity index is 2.44. The van der Waals surface area contributed by atoms with Gasteiger partial charge in [-0.05, 0) is 38.0 Å². The second kappa shape index (κ2) is 6.56. The minimum atomic E-state index is -1.02. The lowest BCUT2D eigenvalue weighted by atomic mass is 10.1. The summed E-state index contributed by atoms with van der Waals surface area (Å²) in [7, 11) is 0. The lowest BCUT2D eigenvalue weighted by Gasteiger charge is -2.26. The number of benzene rings is 1. The van der Waals surface area contributed by atoms with E-state index in [1.165, 1.54) is 4.90 Å². The number of aliphatic carboxylic acids is 1. The van der Waals surface area contributed by atoms with Gasteiger partial charge in [0, 0.05) is 11.4 Å². The van der Waals surface area contributed by atoms with E-state index in [9.17, 15) is 9.59 Å². The van der Waals surface area contributed by atoms with Crippen LogP contribution in [-0.4, -0.2) is 39.5 Å². The molecule has 0 saturated carbocycles. The third-order valence-electron chi connectivity index (χ3n) is 3.83. The average molecular weight is 300 g/mol. The quantitative estimate of drug-likeness (QED) is 0.921. The van der Waals surface area contributed by atoms with Crippen molar-refractivity contribution in [1.29, 1.82) is 0 Å². The number of hydrogen-bond acceptors (Lipinski definition) is 3. The van der Waals surface area contributed by atoms with Crippen LogP contribution in [0.25, 0.3) is 10.9 Å². The minimum absolute atomic E-state index is 0.155. The normalized spacial score (nSPS) is 12.1. The Bertz CT molecular complexity index is 712. The van der Waals surface area contributed by atoms with Gasteiger partial charge in [0.25, 0.3) is 5.91 Å². The number of aryl methyl sites for hydroxylation is 1. The SMILES string of the molecule is CC[C@@H](C)N(CC(=O)O)C(=O)c1cc(C)c2ccccc2n1. The van der Waals surface area contributed by atoms with Crippen LogP contribution in [0.3, 0.4) is 0 Å². The second-order valence-corrected chi connectivity index (χ2v) is 5.43. The molecule has 2 aromatic rings. The molecule has 1 aromatic heterocycles. The van der Waals surface area contributed by atoms with Gasteiger partial charge in [0.2, 0.25) is 0 Å². The second-order valence-electron chi connectivity index (χ2n) is 5.43. The molecule has 0 aliphatic heterocycles. The van der Waals surface area contributed by atoms with Crippen molar-refractivity contribution in [3.8, 4) is 0 Å². The van der Waals surface area contributed by atoms with Gasteiger partial charge in [-0.15, -0.1) is 0 Å². The van der Waals surface area contributed by atoms with Crippen molar-refractivity contribution in [3.63, 3.8) is 0 Å². The average Bonchev–Trinajstić information content (AvgIpc) is 2.51. The van der Waals surface area contributed by atoms with Crippen molar-refractivity contribution in [2.24, 2.45) is 0 Å². The summed E-state index contributed by atoms with van der Waals surface area (Å²) in [5.74, 6) is -1.36. The Kier molecular flexibility index (Phi) is 4.75. The highest BCUT2D eigenvalue weighted by molar-refractivity contribution is 5.97. The number of aromatic nitrogens is 1. The Morgan fingerprint density at radius 1 is 1.32 bits per heavy atom. The van der Waals surface area contributed by atoms with Crippen LogP contribution < -0.4 is 0 Å². The Labute approximate surface area is 129 Å². The Morgan fingerprint density at radius 2 is 2.00 bits per heavy atom. The number of carboxylic acid groups (broad SMARTS) is 1. The summed E-state index contributed by atoms with van der Waals surface area (Å²) in [5, 5.41) is 10.0. The lowest BCUT2D eigenvalue weighted by Crippen LogP contribution is -2.42. The van der Waals surface area contributed by atoms with E-state index in [1.807, 2.05) is 45.0 Å². The first-order chi connectivity index (χ1) is 10.4. The predicted molar refractivity (Wildman–Crippen MR) is 84.9 cm³/mol. The summed E-state index contributed by atoms with van der Waals surface area (Å²) in [6.45, 7) is 5.37. The first-order valence-electron chi connectivity index (χ1n) is 7.33. The third kappa shape index (κ3) is 3.24. The maximum atomic E-state index is 12.7. The molecular formula is C17H20N2O3. The first-order valence-corrected chi connectivity index (χ1v) is 7.33. The fourth-order valence-electron chi connectivity index (χ4n) is 2.40. The molecule has 0 aliphatic carbocycles. The van der Waals surface area contributed by atoms with E-state index in [4.69, 9.17) is 5.11 Å². The van der Waals surface area contributed by atoms with Crippen LogP contribution in [0.1, 0.15) is 36.3 Å². The van der Waals surface area contributed by atoms with Gasteiger partial charge >= 0.3 is 5.97 Å². The number of amides is 1. The van der Waals surface area contributed by atoms with Gasteiger partial charge in [0.1, 0.15) is 12.2 Å². The molecule has 1 amide bonds. The molecule has 5 heteroatoms. The molecule has 0 spiro atoms. The zero-order valence-electron chi connectivity index (χ0n) is 13.0. The molecule has 22 heavy (non-hydrogen) atoms. The summed E-state index contributed by atoms with van der Waals surface area (Å²) in [6, 6.07) is 9.17. The fraction of sp³-hybridized carbons (Fsp3) is 0.353. The van der Waals surface area contributed by atoms with E-state index in [2.05, 4.69) is 4.98 Å². The number of carbonyl (C=O) groups is 2. The molecule has 0 fully saturated rings. The smallest absolute Gasteiger partial charge is 0.323 e. The number of rotatable bonds is 5. The van der Waals surface area contributed by atoms with E-state index in [-0.39, 0.29) is 24.2 Å². The largest absolute Gasteiger partial charge is 0.480 e. The molecule has 2 rings (SSSR count). The van der Waals surface area contributed by atoms with Crippen LogP contribution in [-0.2, 0) is 4.79 Å². The molecule has 0 unspecified atom stereocenters. The van der Waals surface area contributed by atoms with Crippen LogP contribution in [0.2, 0.25) is 0 Å². The van der Waals surface area contributed by atoms with Gasteiger partial charge in [-0.3, -0.25) is 9.59 Å². The molecule has 1 heterocycles. The lowest BCUT2D eigenvalue weighted by molar-refractivity contribution is -0.138. The zero-order chi connectivity index (χ0) is 16.3. The highest BCUT2D eigenvalue weighted by atomic mass is 16.4. The van der Waals surface area contributed by atoms with Crippen LogP contribution in [0, 0.1) is 6.92 Å². The molecule has 0 radical (unpaired) electrons. The number of hydrogen-bond donors (Lipinski definition) is 1. The van der Waals surface area contributed by atoms with Gasteiger partial charge in [0.05, 0.1) is 5.52 Å². The van der Waals surface area contributed by atoms with E-state index in [0.29, 0.717) is 6.42 Å². The summed E-state index contributed by atoms with van der Waals surface area (Å²) in [5.41, 5.74) is 1.98. The highest BCUT2D eigenvalue weighted by Gasteiger charge is 2.24. The molecule has 116 valence electrons. The van der Waals surface area contributed by atoms with E-state index in [1.54, 1.807) is 6.07 Å². The standard InChI is InChI=1S/C17H20N2O3/c1-4-12(3)19(10-16(20)21)17(22)15-9-11(2)13-7-5-6-8-14(13)18-15/h5-9,12H,4,10H2,1-3H3,(H,20,21)/t12-/m1/s1. The summed E-state index contributed by atoms with van der Waals surface area (Å²) in [4.78, 5) is 29.5. The van der Waals surface area contributed by atoms with E-state index >= 15 is 0 Å². The van der Waals surface area contributed by atoms with Crippen molar-refractivity contribution in [2.45, 2.75) is 33.2 Å². The molecule has 1 aromatic carbocycles. The van der Waals surface area contributed by atoms with E-state index in [0.717, 1.165) is 16.5 Å². The minimum Gasteiger partial charge on any atom is -0.480 e. The Morgan fingerprint density at radius 3 is 2.64 bits per heavy atom. The van der Waals surface area contributed by atoms with Gasteiger partial charge in [-0.25, -0.2) is 4.98 Å². The van der Waals surface area contributed by atoms with Crippen molar-refractivity contribution < 1.29 is 14.7 Å². The van der Waals surface area contributed by atoms with Crippen LogP contribution in [0.5, 0.6) is 0 Å². The zero-order valence-corrected chi connectivity index (χ0v) is 13.0. The fourth-order valence-corrected chi connectivity index (χ4v) is 2.40. The van der Waals surface area contributed by atoms with Gasteiger partial charge in [0.15, 0.2) is 0 Å². The predicted octanol–water partition coefficient (Wildman–Crippen LogP) is 2.87. The monoisotopic (exact) mass is 300 g/mol. The number of carbonyl (C=O) groups excluding carboxylic acids is 1. The molecule has 5 nitrogen and oxygen atoms in total. The topological polar surface area (TPSA) is 70.5 Å². The summed E-state index contributed by atoms with van der Waals surface area (Å²) < 4.78 is 0. The van der Waals surface area contributed by atoms with Crippen molar-refractivity contribution in [3.05, 3.63) is 41.6 Å². The molecular weight excluding hydrogens is 280 g/mol. The Hall–Kier alpha value is -2.43. The maximum Gasteiger partial charge on any atom is 0.323 e. The highest BCUT2D eigenvalue weighted by Crippen LogP contribution is 2.19. The third-order valence-corrected chi connectivity index (χ3v) is 3.83. The van der Waals surface area contributed by atoms with Gasteiger partial charge in [-0.2, -0.15) is 0 Å². The molecule has 1 N–H and O–H groups in total. The summed E-state index contributed by atoms with van der Waals surface area (Å²) in [6.07, 6.45) is 0.686. The molecule has 0 aliphatic rings. The van der Waals surface area contributed by atoms with Crippen LogP contribution in [0.15, 0.2) is 30.3 Å². The number of carboxylic acids is 1. The van der Waals surface area contributed by atoms with Gasteiger partial charge in [-0.1, -0.05) is 25.1 Å². The van der Waals surface area contributed by atoms with Crippen molar-refractivity contribution >= 4 is 22.8 Å². The number of fused-ring (bicyclic) bond motifs is 1. The van der Waals surface area contributed by atoms with Crippen LogP contribution in [0.4, 0.5) is 0 Å². The van der Waals surface area contributed by atoms with Crippen LogP contribution >= 0.6 is 0 Å². The van der Waals surface area contributed by atoms with E-state index < -0.39 is 5.97 Å². The molecule has 1 atom stereocenters. The first kappa shape index (κ1) is 15.9. The maximum absolute atomic E-state index is 12.7. The number of pyridine rings is 1.